The van der Waals surface area contributed by atoms with E-state index in [1.807, 2.05) is 19.1 Å². The second-order valence-corrected chi connectivity index (χ2v) is 6.58. The van der Waals surface area contributed by atoms with E-state index < -0.39 is 0 Å². The lowest BCUT2D eigenvalue weighted by Gasteiger charge is -2.20. The number of hydrogen-bond donors (Lipinski definition) is 1. The van der Waals surface area contributed by atoms with Gasteiger partial charge in [0.2, 0.25) is 0 Å². The number of rotatable bonds is 5. The maximum atomic E-state index is 13.2. The molecule has 1 aliphatic carbocycles. The molecule has 0 radical (unpaired) electrons. The Morgan fingerprint density at radius 3 is 2.31 bits per heavy atom. The van der Waals surface area contributed by atoms with Crippen LogP contribution in [0.1, 0.15) is 56.5 Å². The average Bonchev–Trinajstić information content (AvgIpc) is 3.36. The minimum atomic E-state index is -0.169. The molecule has 0 saturated carbocycles. The van der Waals surface area contributed by atoms with Crippen molar-refractivity contribution in [2.45, 2.75) is 39.3 Å². The standard InChI is InChI=1S/C20H20N2O4/c1-13-18-16(7-2-8-17(18)23)21-19(13)20(24)22(11-14-5-3-9-25-14)12-15-6-4-10-26-15/h3-6,9-10,21H,2,7-8,11-12H2,1H3. The molecular weight excluding hydrogens is 332 g/mol. The highest BCUT2D eigenvalue weighted by atomic mass is 16.3. The predicted octanol–water partition coefficient (Wildman–Crippen LogP) is 3.87. The Bertz CT molecular complexity index is 883. The van der Waals surface area contributed by atoms with E-state index in [0.717, 1.165) is 24.1 Å². The molecule has 0 unspecified atom stereocenters. The molecule has 3 aromatic rings. The Balaban J connectivity index is 1.66. The number of furan rings is 2. The number of carbonyl (C=O) groups is 2. The van der Waals surface area contributed by atoms with Gasteiger partial charge in [0.05, 0.1) is 25.6 Å². The van der Waals surface area contributed by atoms with E-state index in [9.17, 15) is 9.59 Å². The van der Waals surface area contributed by atoms with Gasteiger partial charge in [-0.25, -0.2) is 0 Å². The zero-order valence-electron chi connectivity index (χ0n) is 14.6. The Kier molecular flexibility index (Phi) is 4.24. The van der Waals surface area contributed by atoms with E-state index in [4.69, 9.17) is 8.83 Å². The van der Waals surface area contributed by atoms with Crippen LogP contribution in [0.2, 0.25) is 0 Å². The molecule has 0 fully saturated rings. The van der Waals surface area contributed by atoms with Crippen LogP contribution >= 0.6 is 0 Å². The van der Waals surface area contributed by atoms with Crippen molar-refractivity contribution in [3.63, 3.8) is 0 Å². The third-order valence-electron chi connectivity index (χ3n) is 4.79. The lowest BCUT2D eigenvalue weighted by molar-refractivity contribution is 0.0698. The molecule has 0 saturated heterocycles. The fourth-order valence-corrected chi connectivity index (χ4v) is 3.53. The van der Waals surface area contributed by atoms with E-state index in [1.54, 1.807) is 29.6 Å². The second-order valence-electron chi connectivity index (χ2n) is 6.58. The summed E-state index contributed by atoms with van der Waals surface area (Å²) in [6.07, 6.45) is 5.33. The van der Waals surface area contributed by atoms with Crippen LogP contribution in [0.25, 0.3) is 0 Å². The van der Waals surface area contributed by atoms with Crippen molar-refractivity contribution in [2.24, 2.45) is 0 Å². The first kappa shape index (κ1) is 16.4. The number of hydrogen-bond acceptors (Lipinski definition) is 4. The second kappa shape index (κ2) is 6.71. The molecule has 0 aliphatic heterocycles. The molecule has 134 valence electrons. The molecule has 0 spiro atoms. The third-order valence-corrected chi connectivity index (χ3v) is 4.79. The fourth-order valence-electron chi connectivity index (χ4n) is 3.53. The Hall–Kier alpha value is -3.02. The largest absolute Gasteiger partial charge is 0.467 e. The van der Waals surface area contributed by atoms with Crippen molar-refractivity contribution >= 4 is 11.7 Å². The number of nitrogens with zero attached hydrogens (tertiary/aromatic N) is 1. The van der Waals surface area contributed by atoms with Crippen LogP contribution in [0.15, 0.2) is 45.6 Å². The maximum Gasteiger partial charge on any atom is 0.271 e. The number of aryl methyl sites for hydroxylation is 1. The van der Waals surface area contributed by atoms with Crippen molar-refractivity contribution in [1.82, 2.24) is 9.88 Å². The van der Waals surface area contributed by atoms with Gasteiger partial charge in [0.25, 0.3) is 5.91 Å². The van der Waals surface area contributed by atoms with Gasteiger partial charge in [-0.2, -0.15) is 0 Å². The summed E-state index contributed by atoms with van der Waals surface area (Å²) in [7, 11) is 0. The highest BCUT2D eigenvalue weighted by molar-refractivity contribution is 6.04. The summed E-state index contributed by atoms with van der Waals surface area (Å²) in [5.74, 6) is 1.32. The van der Waals surface area contributed by atoms with Crippen LogP contribution in [0.5, 0.6) is 0 Å². The van der Waals surface area contributed by atoms with Gasteiger partial charge in [0, 0.05) is 17.7 Å². The average molecular weight is 352 g/mol. The van der Waals surface area contributed by atoms with Crippen LogP contribution < -0.4 is 0 Å². The quantitative estimate of drug-likeness (QED) is 0.756. The first-order chi connectivity index (χ1) is 12.6. The molecule has 0 atom stereocenters. The summed E-state index contributed by atoms with van der Waals surface area (Å²) < 4.78 is 10.8. The van der Waals surface area contributed by atoms with E-state index in [2.05, 4.69) is 4.98 Å². The number of amides is 1. The lowest BCUT2D eigenvalue weighted by atomic mass is 9.94. The van der Waals surface area contributed by atoms with Crippen LogP contribution in [0, 0.1) is 6.92 Å². The molecule has 4 rings (SSSR count). The number of ketones is 1. The fraction of sp³-hybridized carbons (Fsp3) is 0.300. The lowest BCUT2D eigenvalue weighted by Crippen LogP contribution is -2.30. The first-order valence-electron chi connectivity index (χ1n) is 8.72. The number of aromatic nitrogens is 1. The number of fused-ring (bicyclic) bond motifs is 1. The molecule has 1 amide bonds. The zero-order chi connectivity index (χ0) is 18.1. The normalized spacial score (nSPS) is 13.7. The van der Waals surface area contributed by atoms with Gasteiger partial charge < -0.3 is 18.7 Å². The number of nitrogens with one attached hydrogen (secondary N) is 1. The number of aromatic amines is 1. The van der Waals surface area contributed by atoms with E-state index in [1.165, 1.54) is 0 Å². The minimum absolute atomic E-state index is 0.114. The van der Waals surface area contributed by atoms with Gasteiger partial charge in [-0.3, -0.25) is 9.59 Å². The summed E-state index contributed by atoms with van der Waals surface area (Å²) in [4.78, 5) is 30.4. The van der Waals surface area contributed by atoms with Gasteiger partial charge in [0.15, 0.2) is 5.78 Å². The Morgan fingerprint density at radius 1 is 1.12 bits per heavy atom. The SMILES string of the molecule is Cc1c(C(=O)N(Cc2ccco2)Cc2ccco2)[nH]c2c1C(=O)CCC2. The van der Waals surface area contributed by atoms with Crippen molar-refractivity contribution in [3.05, 3.63) is 70.8 Å². The van der Waals surface area contributed by atoms with E-state index in [-0.39, 0.29) is 11.7 Å². The number of carbonyl (C=O) groups excluding carboxylic acids is 2. The molecule has 1 N–H and O–H groups in total. The van der Waals surface area contributed by atoms with Crippen molar-refractivity contribution in [2.75, 3.05) is 0 Å². The van der Waals surface area contributed by atoms with Gasteiger partial charge in [0.1, 0.15) is 17.2 Å². The summed E-state index contributed by atoms with van der Waals surface area (Å²) >= 11 is 0. The third kappa shape index (κ3) is 2.98. The zero-order valence-corrected chi connectivity index (χ0v) is 14.6. The Morgan fingerprint density at radius 2 is 1.77 bits per heavy atom. The van der Waals surface area contributed by atoms with Crippen molar-refractivity contribution in [3.8, 4) is 0 Å². The Labute approximate surface area is 150 Å². The molecule has 6 nitrogen and oxygen atoms in total. The molecule has 6 heteroatoms. The summed E-state index contributed by atoms with van der Waals surface area (Å²) in [6, 6.07) is 7.25. The van der Waals surface area contributed by atoms with Crippen molar-refractivity contribution < 1.29 is 18.4 Å². The molecule has 26 heavy (non-hydrogen) atoms. The van der Waals surface area contributed by atoms with E-state index >= 15 is 0 Å². The van der Waals surface area contributed by atoms with Gasteiger partial charge in [-0.05, 0) is 49.6 Å². The summed E-state index contributed by atoms with van der Waals surface area (Å²) in [5, 5.41) is 0. The molecule has 3 heterocycles. The first-order valence-corrected chi connectivity index (χ1v) is 8.72. The van der Waals surface area contributed by atoms with Gasteiger partial charge >= 0.3 is 0 Å². The van der Waals surface area contributed by atoms with Crippen molar-refractivity contribution in [1.29, 1.82) is 0 Å². The number of Topliss-reactive ketones (excluding diaryl/α,β-unsaturated/α-hetero) is 1. The molecule has 3 aromatic heterocycles. The smallest absolute Gasteiger partial charge is 0.271 e. The van der Waals surface area contributed by atoms with Crippen LogP contribution in [-0.2, 0) is 19.5 Å². The minimum Gasteiger partial charge on any atom is -0.467 e. The summed E-state index contributed by atoms with van der Waals surface area (Å²) in [5.41, 5.74) is 2.77. The molecule has 0 aromatic carbocycles. The number of H-pyrrole nitrogens is 1. The van der Waals surface area contributed by atoms with Crippen LogP contribution in [0.3, 0.4) is 0 Å². The van der Waals surface area contributed by atoms with Crippen LogP contribution in [-0.4, -0.2) is 21.6 Å². The summed E-state index contributed by atoms with van der Waals surface area (Å²) in [6.45, 7) is 2.48. The molecular formula is C20H20N2O4. The van der Waals surface area contributed by atoms with E-state index in [0.29, 0.717) is 42.3 Å². The topological polar surface area (TPSA) is 79.5 Å². The molecule has 0 bridgehead atoms. The highest BCUT2D eigenvalue weighted by Gasteiger charge is 2.29. The monoisotopic (exact) mass is 352 g/mol. The predicted molar refractivity (Wildman–Crippen MR) is 93.8 cm³/mol. The maximum absolute atomic E-state index is 13.2. The highest BCUT2D eigenvalue weighted by Crippen LogP contribution is 2.28. The van der Waals surface area contributed by atoms with Gasteiger partial charge in [-0.1, -0.05) is 0 Å². The van der Waals surface area contributed by atoms with Crippen LogP contribution in [0.4, 0.5) is 0 Å². The molecule has 1 aliphatic rings. The van der Waals surface area contributed by atoms with Gasteiger partial charge in [-0.15, -0.1) is 0 Å².